The summed E-state index contributed by atoms with van der Waals surface area (Å²) in [5.41, 5.74) is 0. The van der Waals surface area contributed by atoms with Crippen molar-refractivity contribution in [2.45, 2.75) is 36.0 Å². The summed E-state index contributed by atoms with van der Waals surface area (Å²) in [4.78, 5) is 0. The Morgan fingerprint density at radius 3 is 2.12 bits per heavy atom. The third kappa shape index (κ3) is 2.04. The first-order valence-corrected chi connectivity index (χ1v) is 9.43. The van der Waals surface area contributed by atoms with Gasteiger partial charge in [0.05, 0.1) is 0 Å². The van der Waals surface area contributed by atoms with Gasteiger partial charge < -0.3 is 0 Å². The zero-order valence-corrected chi connectivity index (χ0v) is 13.6. The molecular formula is C7H14Hg. The van der Waals surface area contributed by atoms with E-state index in [0.29, 0.717) is 0 Å². The van der Waals surface area contributed by atoms with Gasteiger partial charge in [0.25, 0.3) is 0 Å². The summed E-state index contributed by atoms with van der Waals surface area (Å²) in [6.45, 7) is 0. The fourth-order valence-corrected chi connectivity index (χ4v) is 4.77. The van der Waals surface area contributed by atoms with Gasteiger partial charge in [0, 0.05) is 0 Å². The van der Waals surface area contributed by atoms with Crippen LogP contribution in [0.2, 0.25) is 3.93 Å². The topological polar surface area (TPSA) is 0 Å². The van der Waals surface area contributed by atoms with Gasteiger partial charge >= 0.3 is 68.1 Å². The van der Waals surface area contributed by atoms with E-state index in [4.69, 9.17) is 0 Å². The summed E-state index contributed by atoms with van der Waals surface area (Å²) in [6, 6.07) is 0. The van der Waals surface area contributed by atoms with E-state index in [2.05, 4.69) is 0 Å². The second kappa shape index (κ2) is 3.87. The van der Waals surface area contributed by atoms with E-state index in [9.17, 15) is 0 Å². The number of hydrogen-bond acceptors (Lipinski definition) is 0. The Bertz CT molecular complexity index is 55.4. The van der Waals surface area contributed by atoms with Crippen molar-refractivity contribution in [3.63, 3.8) is 0 Å². The minimum absolute atomic E-state index is 0.899. The average molecular weight is 299 g/mol. The fourth-order valence-electron chi connectivity index (χ4n) is 1.60. The summed E-state index contributed by atoms with van der Waals surface area (Å²) in [7, 11) is 0. The van der Waals surface area contributed by atoms with Crippen LogP contribution in [0.4, 0.5) is 0 Å². The molecule has 0 amide bonds. The molecule has 1 aliphatic carbocycles. The minimum atomic E-state index is 0.899. The molecule has 0 radical (unpaired) electrons. The zero-order chi connectivity index (χ0) is 5.82. The van der Waals surface area contributed by atoms with Crippen LogP contribution in [-0.2, 0) is 26.1 Å². The molecule has 1 fully saturated rings. The standard InChI is InChI=1S/C7H13.Hg.H/c1-7-5-3-2-4-6-7;;/h7H,1-6H2;;. The maximum atomic E-state index is 1.64. The summed E-state index contributed by atoms with van der Waals surface area (Å²) in [5.74, 6) is 1.19. The Morgan fingerprint density at radius 2 is 1.75 bits per heavy atom. The average Bonchev–Trinajstić information content (AvgIpc) is 1.90. The molecule has 0 aromatic rings. The molecule has 0 aromatic carbocycles. The fraction of sp³-hybridized carbons (Fsp3) is 1.00. The van der Waals surface area contributed by atoms with Crippen molar-refractivity contribution >= 4 is 0 Å². The van der Waals surface area contributed by atoms with Crippen molar-refractivity contribution in [1.29, 1.82) is 0 Å². The van der Waals surface area contributed by atoms with E-state index in [1.165, 1.54) is 25.2 Å². The second-order valence-corrected chi connectivity index (χ2v) is 6.09. The Kier molecular flexibility index (Phi) is 3.41. The summed E-state index contributed by atoms with van der Waals surface area (Å²) in [6.07, 6.45) is 7.72. The van der Waals surface area contributed by atoms with Crippen LogP contribution in [0.3, 0.4) is 0 Å². The Labute approximate surface area is 68.0 Å². The van der Waals surface area contributed by atoms with Gasteiger partial charge in [-0.2, -0.15) is 0 Å². The van der Waals surface area contributed by atoms with Crippen molar-refractivity contribution in [3.8, 4) is 0 Å². The Balaban J connectivity index is 2.13. The van der Waals surface area contributed by atoms with Gasteiger partial charge in [-0.3, -0.25) is 0 Å². The van der Waals surface area contributed by atoms with E-state index >= 15 is 0 Å². The quantitative estimate of drug-likeness (QED) is 0.652. The van der Waals surface area contributed by atoms with E-state index in [-0.39, 0.29) is 0 Å². The van der Waals surface area contributed by atoms with Gasteiger partial charge in [-0.05, 0) is 0 Å². The predicted octanol–water partition coefficient (Wildman–Crippen LogP) is 2.26. The molecule has 0 heterocycles. The van der Waals surface area contributed by atoms with Gasteiger partial charge in [0.15, 0.2) is 0 Å². The molecule has 0 N–H and O–H groups in total. The number of rotatable bonds is 1. The van der Waals surface area contributed by atoms with Crippen LogP contribution in [-0.4, -0.2) is 0 Å². The van der Waals surface area contributed by atoms with Gasteiger partial charge in [-0.25, -0.2) is 0 Å². The van der Waals surface area contributed by atoms with E-state index in [0.717, 1.165) is 26.1 Å². The molecule has 0 spiro atoms. The van der Waals surface area contributed by atoms with E-state index in [1.54, 1.807) is 16.8 Å². The van der Waals surface area contributed by atoms with Crippen LogP contribution in [0.5, 0.6) is 0 Å². The van der Waals surface area contributed by atoms with Crippen LogP contribution in [0, 0.1) is 5.92 Å². The van der Waals surface area contributed by atoms with Crippen LogP contribution in [0.25, 0.3) is 0 Å². The van der Waals surface area contributed by atoms with Gasteiger partial charge in [0.1, 0.15) is 0 Å². The first-order chi connectivity index (χ1) is 3.93. The zero-order valence-electron chi connectivity index (χ0n) is 5.82. The number of hydrogen-bond donors (Lipinski definition) is 0. The van der Waals surface area contributed by atoms with Crippen molar-refractivity contribution in [2.24, 2.45) is 5.92 Å². The molecule has 8 heavy (non-hydrogen) atoms. The second-order valence-electron chi connectivity index (χ2n) is 2.91. The molecule has 44 valence electrons. The maximum absolute atomic E-state index is 1.64. The summed E-state index contributed by atoms with van der Waals surface area (Å²) >= 11 is 0.899. The molecule has 0 saturated heterocycles. The molecule has 0 bridgehead atoms. The van der Waals surface area contributed by atoms with E-state index in [1.807, 2.05) is 0 Å². The van der Waals surface area contributed by atoms with Gasteiger partial charge in [-0.1, -0.05) is 0 Å². The molecule has 0 unspecified atom stereocenters. The SMILES string of the molecule is [HgH][CH2]C1CCCCC1. The van der Waals surface area contributed by atoms with Crippen LogP contribution >= 0.6 is 0 Å². The van der Waals surface area contributed by atoms with Gasteiger partial charge in [-0.15, -0.1) is 0 Å². The molecule has 0 nitrogen and oxygen atoms in total. The Morgan fingerprint density at radius 1 is 1.12 bits per heavy atom. The van der Waals surface area contributed by atoms with Crippen molar-refractivity contribution < 1.29 is 26.1 Å². The van der Waals surface area contributed by atoms with Gasteiger partial charge in [0.2, 0.25) is 0 Å². The molecule has 1 saturated carbocycles. The summed E-state index contributed by atoms with van der Waals surface area (Å²) in [5, 5.41) is 0. The molecule has 0 aromatic heterocycles. The third-order valence-corrected chi connectivity index (χ3v) is 6.79. The molecular weight excluding hydrogens is 285 g/mol. The third-order valence-electron chi connectivity index (χ3n) is 2.30. The van der Waals surface area contributed by atoms with Crippen molar-refractivity contribution in [1.82, 2.24) is 0 Å². The van der Waals surface area contributed by atoms with Crippen molar-refractivity contribution in [2.75, 3.05) is 0 Å². The first kappa shape index (κ1) is 7.05. The van der Waals surface area contributed by atoms with Crippen molar-refractivity contribution in [3.05, 3.63) is 0 Å². The predicted molar refractivity (Wildman–Crippen MR) is 32.8 cm³/mol. The van der Waals surface area contributed by atoms with Crippen LogP contribution < -0.4 is 0 Å². The molecule has 1 aliphatic rings. The van der Waals surface area contributed by atoms with Crippen LogP contribution in [0.1, 0.15) is 32.1 Å². The molecule has 0 aliphatic heterocycles. The van der Waals surface area contributed by atoms with E-state index < -0.39 is 0 Å². The molecule has 1 rings (SSSR count). The molecule has 0 atom stereocenters. The monoisotopic (exact) mass is 300 g/mol. The Hall–Kier alpha value is 0.935. The summed E-state index contributed by atoms with van der Waals surface area (Å²) < 4.78 is 1.64. The first-order valence-electron chi connectivity index (χ1n) is 3.93. The molecule has 1 heteroatoms. The van der Waals surface area contributed by atoms with Crippen LogP contribution in [0.15, 0.2) is 0 Å². The normalized spacial score (nSPS) is 23.4.